The normalized spacial score (nSPS) is 18.9. The van der Waals surface area contributed by atoms with Gasteiger partial charge in [-0.05, 0) is 43.5 Å². The molecule has 1 nitrogen and oxygen atoms in total. The zero-order chi connectivity index (χ0) is 11.5. The third-order valence-electron chi connectivity index (χ3n) is 3.48. The van der Waals surface area contributed by atoms with Crippen molar-refractivity contribution < 1.29 is 4.39 Å². The molecule has 1 saturated carbocycles. The molecule has 0 aliphatic heterocycles. The SMILES string of the molecule is CNC(c1ccc(F)cc1Br)C1CCCC1. The second kappa shape index (κ2) is 5.28. The molecule has 1 unspecified atom stereocenters. The summed E-state index contributed by atoms with van der Waals surface area (Å²) in [7, 11) is 1.98. The highest BCUT2D eigenvalue weighted by Gasteiger charge is 2.26. The average Bonchev–Trinajstić information content (AvgIpc) is 2.75. The molecule has 1 aliphatic rings. The van der Waals surface area contributed by atoms with Crippen LogP contribution in [0.5, 0.6) is 0 Å². The minimum Gasteiger partial charge on any atom is -0.313 e. The van der Waals surface area contributed by atoms with Crippen molar-refractivity contribution in [3.05, 3.63) is 34.1 Å². The maximum absolute atomic E-state index is 13.0. The van der Waals surface area contributed by atoms with E-state index in [1.807, 2.05) is 13.1 Å². The van der Waals surface area contributed by atoms with E-state index in [1.54, 1.807) is 12.1 Å². The fourth-order valence-corrected chi connectivity index (χ4v) is 3.29. The first kappa shape index (κ1) is 12.1. The zero-order valence-corrected chi connectivity index (χ0v) is 11.1. The molecule has 0 bridgehead atoms. The zero-order valence-electron chi connectivity index (χ0n) is 9.47. The van der Waals surface area contributed by atoms with Gasteiger partial charge in [-0.25, -0.2) is 4.39 Å². The van der Waals surface area contributed by atoms with E-state index >= 15 is 0 Å². The molecule has 0 spiro atoms. The minimum atomic E-state index is -0.183. The molecule has 2 rings (SSSR count). The van der Waals surface area contributed by atoms with Crippen LogP contribution in [-0.4, -0.2) is 7.05 Å². The van der Waals surface area contributed by atoms with Gasteiger partial charge in [-0.2, -0.15) is 0 Å². The van der Waals surface area contributed by atoms with Gasteiger partial charge in [-0.1, -0.05) is 34.8 Å². The lowest BCUT2D eigenvalue weighted by Crippen LogP contribution is -2.24. The molecule has 88 valence electrons. The smallest absolute Gasteiger partial charge is 0.124 e. The molecule has 1 aromatic carbocycles. The quantitative estimate of drug-likeness (QED) is 0.884. The average molecular weight is 286 g/mol. The van der Waals surface area contributed by atoms with Gasteiger partial charge >= 0.3 is 0 Å². The summed E-state index contributed by atoms with van der Waals surface area (Å²) in [5.74, 6) is 0.503. The van der Waals surface area contributed by atoms with Crippen molar-refractivity contribution in [2.24, 2.45) is 5.92 Å². The van der Waals surface area contributed by atoms with Gasteiger partial charge in [-0.15, -0.1) is 0 Å². The number of hydrogen-bond donors (Lipinski definition) is 1. The molecule has 16 heavy (non-hydrogen) atoms. The summed E-state index contributed by atoms with van der Waals surface area (Å²) in [6.45, 7) is 0. The van der Waals surface area contributed by atoms with Crippen molar-refractivity contribution in [1.29, 1.82) is 0 Å². The van der Waals surface area contributed by atoms with E-state index in [9.17, 15) is 4.39 Å². The van der Waals surface area contributed by atoms with Gasteiger partial charge < -0.3 is 5.32 Å². The minimum absolute atomic E-state index is 0.183. The van der Waals surface area contributed by atoms with Crippen molar-refractivity contribution in [3.63, 3.8) is 0 Å². The molecule has 0 heterocycles. The van der Waals surface area contributed by atoms with Crippen LogP contribution in [0.2, 0.25) is 0 Å². The van der Waals surface area contributed by atoms with E-state index in [0.29, 0.717) is 12.0 Å². The Morgan fingerprint density at radius 1 is 1.38 bits per heavy atom. The third-order valence-corrected chi connectivity index (χ3v) is 4.17. The Labute approximate surface area is 105 Å². The molecule has 0 amide bonds. The molecule has 0 radical (unpaired) electrons. The van der Waals surface area contributed by atoms with Gasteiger partial charge in [0.25, 0.3) is 0 Å². The summed E-state index contributed by atoms with van der Waals surface area (Å²) >= 11 is 3.46. The molecular formula is C13H17BrFN. The topological polar surface area (TPSA) is 12.0 Å². The fourth-order valence-electron chi connectivity index (χ4n) is 2.69. The number of benzene rings is 1. The van der Waals surface area contributed by atoms with Crippen LogP contribution in [0.4, 0.5) is 4.39 Å². The first-order valence-corrected chi connectivity index (χ1v) is 6.64. The molecule has 0 aromatic heterocycles. The Morgan fingerprint density at radius 2 is 2.06 bits per heavy atom. The molecule has 1 aliphatic carbocycles. The van der Waals surface area contributed by atoms with Crippen LogP contribution in [0.15, 0.2) is 22.7 Å². The molecule has 3 heteroatoms. The van der Waals surface area contributed by atoms with E-state index < -0.39 is 0 Å². The number of rotatable bonds is 3. The van der Waals surface area contributed by atoms with Crippen LogP contribution in [0.1, 0.15) is 37.3 Å². The fraction of sp³-hybridized carbons (Fsp3) is 0.538. The summed E-state index contributed by atoms with van der Waals surface area (Å²) in [6.07, 6.45) is 5.19. The maximum Gasteiger partial charge on any atom is 0.124 e. The summed E-state index contributed by atoms with van der Waals surface area (Å²) in [6, 6.07) is 5.32. The van der Waals surface area contributed by atoms with Crippen molar-refractivity contribution in [2.45, 2.75) is 31.7 Å². The van der Waals surface area contributed by atoms with Crippen LogP contribution >= 0.6 is 15.9 Å². The van der Waals surface area contributed by atoms with Gasteiger partial charge in [0, 0.05) is 10.5 Å². The predicted molar refractivity (Wildman–Crippen MR) is 67.9 cm³/mol. The van der Waals surface area contributed by atoms with E-state index in [4.69, 9.17) is 0 Å². The monoisotopic (exact) mass is 285 g/mol. The van der Waals surface area contributed by atoms with Crippen molar-refractivity contribution in [3.8, 4) is 0 Å². The Kier molecular flexibility index (Phi) is 3.98. The molecule has 1 fully saturated rings. The lowest BCUT2D eigenvalue weighted by molar-refractivity contribution is 0.389. The molecule has 1 atom stereocenters. The molecule has 0 saturated heterocycles. The van der Waals surface area contributed by atoms with E-state index in [2.05, 4.69) is 21.2 Å². The highest BCUT2D eigenvalue weighted by Crippen LogP contribution is 2.38. The van der Waals surface area contributed by atoms with Crippen LogP contribution in [0, 0.1) is 11.7 Å². The number of nitrogens with one attached hydrogen (secondary N) is 1. The van der Waals surface area contributed by atoms with Crippen LogP contribution in [0.3, 0.4) is 0 Å². The molecule has 1 N–H and O–H groups in total. The largest absolute Gasteiger partial charge is 0.313 e. The highest BCUT2D eigenvalue weighted by atomic mass is 79.9. The standard InChI is InChI=1S/C13H17BrFN/c1-16-13(9-4-2-3-5-9)11-7-6-10(15)8-12(11)14/h6-9,13,16H,2-5H2,1H3. The van der Waals surface area contributed by atoms with Crippen LogP contribution < -0.4 is 5.32 Å². The summed E-state index contributed by atoms with van der Waals surface area (Å²) in [4.78, 5) is 0. The lowest BCUT2D eigenvalue weighted by atomic mass is 9.92. The van der Waals surface area contributed by atoms with Gasteiger partial charge in [0.05, 0.1) is 0 Å². The van der Waals surface area contributed by atoms with Gasteiger partial charge in [0.2, 0.25) is 0 Å². The molecule has 1 aromatic rings. The number of hydrogen-bond acceptors (Lipinski definition) is 1. The summed E-state index contributed by atoms with van der Waals surface area (Å²) in [5, 5.41) is 3.37. The predicted octanol–water partition coefficient (Wildman–Crippen LogP) is 4.04. The summed E-state index contributed by atoms with van der Waals surface area (Å²) in [5.41, 5.74) is 1.18. The Hall–Kier alpha value is -0.410. The van der Waals surface area contributed by atoms with E-state index in [1.165, 1.54) is 31.2 Å². The summed E-state index contributed by atoms with van der Waals surface area (Å²) < 4.78 is 13.9. The Balaban J connectivity index is 2.25. The first-order valence-electron chi connectivity index (χ1n) is 5.84. The first-order chi connectivity index (χ1) is 7.72. The Bertz CT molecular complexity index is 361. The van der Waals surface area contributed by atoms with Crippen LogP contribution in [0.25, 0.3) is 0 Å². The second-order valence-electron chi connectivity index (χ2n) is 4.48. The van der Waals surface area contributed by atoms with E-state index in [0.717, 1.165) is 4.47 Å². The van der Waals surface area contributed by atoms with Crippen molar-refractivity contribution in [1.82, 2.24) is 5.32 Å². The van der Waals surface area contributed by atoms with Gasteiger partial charge in [-0.3, -0.25) is 0 Å². The van der Waals surface area contributed by atoms with E-state index in [-0.39, 0.29) is 5.82 Å². The highest BCUT2D eigenvalue weighted by molar-refractivity contribution is 9.10. The maximum atomic E-state index is 13.0. The van der Waals surface area contributed by atoms with Crippen molar-refractivity contribution >= 4 is 15.9 Å². The lowest BCUT2D eigenvalue weighted by Gasteiger charge is -2.24. The van der Waals surface area contributed by atoms with Crippen molar-refractivity contribution in [2.75, 3.05) is 7.05 Å². The van der Waals surface area contributed by atoms with Gasteiger partial charge in [0.1, 0.15) is 5.82 Å². The Morgan fingerprint density at radius 3 is 2.62 bits per heavy atom. The third kappa shape index (κ3) is 2.46. The number of halogens is 2. The van der Waals surface area contributed by atoms with Crippen LogP contribution in [-0.2, 0) is 0 Å². The molecular weight excluding hydrogens is 269 g/mol. The van der Waals surface area contributed by atoms with Gasteiger partial charge in [0.15, 0.2) is 0 Å². The second-order valence-corrected chi connectivity index (χ2v) is 5.33.